The van der Waals surface area contributed by atoms with Gasteiger partial charge in [-0.05, 0) is 38.0 Å². The third-order valence-corrected chi connectivity index (χ3v) is 5.72. The Hall–Kier alpha value is -2.06. The first kappa shape index (κ1) is 18.3. The number of aryl methyl sites for hydroxylation is 2. The lowest BCUT2D eigenvalue weighted by atomic mass is 10.1. The number of rotatable bonds is 7. The van der Waals surface area contributed by atoms with E-state index in [0.717, 1.165) is 21.0 Å². The lowest BCUT2D eigenvalue weighted by molar-refractivity contribution is -0.118. The molecule has 24 heavy (non-hydrogen) atoms. The fraction of sp³-hybridized carbons (Fsp3) is 0.312. The van der Waals surface area contributed by atoms with E-state index >= 15 is 0 Å². The lowest BCUT2D eigenvalue weighted by Gasteiger charge is -2.10. The van der Waals surface area contributed by atoms with Crippen LogP contribution in [0.4, 0.5) is 5.13 Å². The van der Waals surface area contributed by atoms with Crippen LogP contribution in [0.3, 0.4) is 0 Å². The summed E-state index contributed by atoms with van der Waals surface area (Å²) in [5, 5.41) is 3.19. The smallest absolute Gasteiger partial charge is 0.264 e. The van der Waals surface area contributed by atoms with E-state index in [0.29, 0.717) is 10.9 Å². The number of thioether (sulfide) groups is 1. The highest BCUT2D eigenvalue weighted by Gasteiger charge is 2.12. The molecule has 3 N–H and O–H groups in total. The van der Waals surface area contributed by atoms with E-state index in [9.17, 15) is 9.59 Å². The maximum Gasteiger partial charge on any atom is 0.264 e. The minimum Gasteiger partial charge on any atom is -0.483 e. The van der Waals surface area contributed by atoms with Crippen molar-refractivity contribution >= 4 is 40.0 Å². The summed E-state index contributed by atoms with van der Waals surface area (Å²) in [6, 6.07) is 5.72. The maximum absolute atomic E-state index is 12.0. The molecule has 0 aliphatic carbocycles. The van der Waals surface area contributed by atoms with Crippen LogP contribution in [0.25, 0.3) is 0 Å². The molecule has 2 amide bonds. The number of hydrogen-bond acceptors (Lipinski definition) is 6. The van der Waals surface area contributed by atoms with Crippen LogP contribution in [0.1, 0.15) is 16.8 Å². The number of primary amides is 1. The number of nitrogens with one attached hydrogen (secondary N) is 1. The summed E-state index contributed by atoms with van der Waals surface area (Å²) in [6.45, 7) is 5.68. The van der Waals surface area contributed by atoms with Gasteiger partial charge < -0.3 is 10.5 Å². The number of benzene rings is 1. The molecule has 0 bridgehead atoms. The van der Waals surface area contributed by atoms with Crippen molar-refractivity contribution in [3.8, 4) is 5.75 Å². The molecule has 0 spiro atoms. The molecule has 0 aliphatic rings. The summed E-state index contributed by atoms with van der Waals surface area (Å²) < 4.78 is 6.43. The van der Waals surface area contributed by atoms with Gasteiger partial charge in [0.05, 0.1) is 15.7 Å². The molecule has 0 atom stereocenters. The lowest BCUT2D eigenvalue weighted by Crippen LogP contribution is -2.20. The van der Waals surface area contributed by atoms with Crippen LogP contribution in [-0.2, 0) is 9.59 Å². The number of amides is 2. The van der Waals surface area contributed by atoms with Crippen molar-refractivity contribution in [3.05, 3.63) is 35.0 Å². The molecular formula is C16H19N3O3S2. The number of thiazole rings is 1. The highest BCUT2D eigenvalue weighted by atomic mass is 32.2. The van der Waals surface area contributed by atoms with Crippen LogP contribution in [0.2, 0.25) is 0 Å². The van der Waals surface area contributed by atoms with Crippen molar-refractivity contribution in [1.82, 2.24) is 4.98 Å². The van der Waals surface area contributed by atoms with Gasteiger partial charge in [-0.3, -0.25) is 14.9 Å². The van der Waals surface area contributed by atoms with Gasteiger partial charge in [-0.1, -0.05) is 23.5 Å². The molecule has 1 heterocycles. The fourth-order valence-electron chi connectivity index (χ4n) is 1.89. The third-order valence-electron chi connectivity index (χ3n) is 3.26. The van der Waals surface area contributed by atoms with Gasteiger partial charge in [0.15, 0.2) is 11.7 Å². The highest BCUT2D eigenvalue weighted by Crippen LogP contribution is 2.31. The van der Waals surface area contributed by atoms with Gasteiger partial charge in [0.2, 0.25) is 5.91 Å². The minimum atomic E-state index is -0.389. The number of ether oxygens (including phenoxy) is 1. The summed E-state index contributed by atoms with van der Waals surface area (Å²) >= 11 is 2.63. The van der Waals surface area contributed by atoms with E-state index < -0.39 is 0 Å². The molecular weight excluding hydrogens is 346 g/mol. The van der Waals surface area contributed by atoms with Crippen molar-refractivity contribution in [2.75, 3.05) is 17.7 Å². The molecule has 2 rings (SSSR count). The second kappa shape index (κ2) is 8.16. The first-order valence-corrected chi connectivity index (χ1v) is 9.04. The van der Waals surface area contributed by atoms with Crippen LogP contribution < -0.4 is 15.8 Å². The Morgan fingerprint density at radius 3 is 2.79 bits per heavy atom. The van der Waals surface area contributed by atoms with Crippen molar-refractivity contribution in [3.63, 3.8) is 0 Å². The third kappa shape index (κ3) is 4.97. The second-order valence-corrected chi connectivity index (χ2v) is 7.42. The number of hydrogen-bond donors (Lipinski definition) is 2. The van der Waals surface area contributed by atoms with Gasteiger partial charge >= 0.3 is 0 Å². The molecule has 0 aliphatic heterocycles. The molecule has 8 heteroatoms. The fourth-order valence-corrected chi connectivity index (χ4v) is 3.78. The standard InChI is InChI=1S/C16H19N3O3S2/c1-9-5-4-6-12(10(9)2)22-7-14(21)19-16-18-11(3)15(24-16)23-8-13(17)20/h4-6H,7-8H2,1-3H3,(H2,17,20)(H,18,19,21). The van der Waals surface area contributed by atoms with E-state index in [1.165, 1.54) is 23.1 Å². The Labute approximate surface area is 148 Å². The molecule has 0 saturated heterocycles. The molecule has 1 aromatic heterocycles. The van der Waals surface area contributed by atoms with Crippen molar-refractivity contribution in [1.29, 1.82) is 0 Å². The summed E-state index contributed by atoms with van der Waals surface area (Å²) in [7, 11) is 0. The number of carbonyl (C=O) groups is 2. The van der Waals surface area contributed by atoms with Gasteiger partial charge in [-0.15, -0.1) is 11.8 Å². The SMILES string of the molecule is Cc1cccc(OCC(=O)Nc2nc(C)c(SCC(N)=O)s2)c1C. The number of anilines is 1. The summed E-state index contributed by atoms with van der Waals surface area (Å²) in [6.07, 6.45) is 0. The van der Waals surface area contributed by atoms with Crippen molar-refractivity contribution in [2.24, 2.45) is 5.73 Å². The van der Waals surface area contributed by atoms with E-state index in [-0.39, 0.29) is 24.2 Å². The zero-order valence-electron chi connectivity index (χ0n) is 13.7. The molecule has 0 unspecified atom stereocenters. The van der Waals surface area contributed by atoms with E-state index in [2.05, 4.69) is 10.3 Å². The average Bonchev–Trinajstić information content (AvgIpc) is 2.86. The zero-order chi connectivity index (χ0) is 17.7. The monoisotopic (exact) mass is 365 g/mol. The van der Waals surface area contributed by atoms with Gasteiger partial charge in [0.25, 0.3) is 5.91 Å². The Morgan fingerprint density at radius 1 is 1.33 bits per heavy atom. The summed E-state index contributed by atoms with van der Waals surface area (Å²) in [5.74, 6) is 0.209. The molecule has 0 fully saturated rings. The zero-order valence-corrected chi connectivity index (χ0v) is 15.3. The van der Waals surface area contributed by atoms with Crippen LogP contribution in [0.15, 0.2) is 22.4 Å². The van der Waals surface area contributed by atoms with Crippen molar-refractivity contribution in [2.45, 2.75) is 25.0 Å². The van der Waals surface area contributed by atoms with E-state index in [1.54, 1.807) is 0 Å². The van der Waals surface area contributed by atoms with Crippen LogP contribution in [0, 0.1) is 20.8 Å². The van der Waals surface area contributed by atoms with E-state index in [1.807, 2.05) is 39.0 Å². The predicted octanol–water partition coefficient (Wildman–Crippen LogP) is 2.66. The molecule has 2 aromatic rings. The van der Waals surface area contributed by atoms with Crippen LogP contribution in [-0.4, -0.2) is 29.2 Å². The molecule has 6 nitrogen and oxygen atoms in total. The van der Waals surface area contributed by atoms with Gasteiger partial charge in [-0.25, -0.2) is 4.98 Å². The molecule has 1 aromatic carbocycles. The highest BCUT2D eigenvalue weighted by molar-refractivity contribution is 8.01. The number of nitrogens with two attached hydrogens (primary N) is 1. The molecule has 128 valence electrons. The van der Waals surface area contributed by atoms with Gasteiger partial charge in [-0.2, -0.15) is 0 Å². The molecule has 0 saturated carbocycles. The largest absolute Gasteiger partial charge is 0.483 e. The number of carbonyl (C=O) groups excluding carboxylic acids is 2. The van der Waals surface area contributed by atoms with Gasteiger partial charge in [0, 0.05) is 0 Å². The van der Waals surface area contributed by atoms with Gasteiger partial charge in [0.1, 0.15) is 5.75 Å². The second-order valence-electron chi connectivity index (χ2n) is 5.18. The predicted molar refractivity (Wildman–Crippen MR) is 96.8 cm³/mol. The average molecular weight is 365 g/mol. The topological polar surface area (TPSA) is 94.3 Å². The van der Waals surface area contributed by atoms with Crippen LogP contribution in [0.5, 0.6) is 5.75 Å². The summed E-state index contributed by atoms with van der Waals surface area (Å²) in [5.41, 5.74) is 8.02. The Bertz CT molecular complexity index is 759. The van der Waals surface area contributed by atoms with E-state index in [4.69, 9.17) is 10.5 Å². The molecule has 0 radical (unpaired) electrons. The summed E-state index contributed by atoms with van der Waals surface area (Å²) in [4.78, 5) is 27.1. The minimum absolute atomic E-state index is 0.0906. The Morgan fingerprint density at radius 2 is 2.08 bits per heavy atom. The Kier molecular flexibility index (Phi) is 6.22. The van der Waals surface area contributed by atoms with Crippen LogP contribution >= 0.6 is 23.1 Å². The first-order valence-electron chi connectivity index (χ1n) is 7.24. The number of nitrogens with zero attached hydrogens (tertiary/aromatic N) is 1. The number of aromatic nitrogens is 1. The Balaban J connectivity index is 1.91. The first-order chi connectivity index (χ1) is 11.4. The quantitative estimate of drug-likeness (QED) is 0.736. The normalized spacial score (nSPS) is 10.5. The van der Waals surface area contributed by atoms with Crippen molar-refractivity contribution < 1.29 is 14.3 Å². The maximum atomic E-state index is 12.0.